The summed E-state index contributed by atoms with van der Waals surface area (Å²) in [6, 6.07) is 13.7. The number of nitrogens with one attached hydrogen (secondary N) is 2. The molecule has 44 heavy (non-hydrogen) atoms. The van der Waals surface area contributed by atoms with E-state index in [2.05, 4.69) is 29.4 Å². The summed E-state index contributed by atoms with van der Waals surface area (Å²) in [5, 5.41) is 16.6. The first kappa shape index (κ1) is 32.2. The number of rotatable bonds is 13. The number of benzene rings is 2. The van der Waals surface area contributed by atoms with Gasteiger partial charge in [-0.1, -0.05) is 13.8 Å². The van der Waals surface area contributed by atoms with Crippen LogP contribution in [0.15, 0.2) is 48.5 Å². The molecule has 3 fully saturated rings. The minimum atomic E-state index is -0.795. The van der Waals surface area contributed by atoms with Gasteiger partial charge in [0.25, 0.3) is 0 Å². The average Bonchev–Trinajstić information content (AvgIpc) is 3.65. The summed E-state index contributed by atoms with van der Waals surface area (Å²) in [6.07, 6.45) is 1.98. The third-order valence-electron chi connectivity index (χ3n) is 9.33. The van der Waals surface area contributed by atoms with Crippen molar-refractivity contribution in [1.82, 2.24) is 4.90 Å². The van der Waals surface area contributed by atoms with Gasteiger partial charge in [-0.15, -0.1) is 11.8 Å². The zero-order valence-electron chi connectivity index (χ0n) is 26.4. The summed E-state index contributed by atoms with van der Waals surface area (Å²) in [6.45, 7) is 12.3. The van der Waals surface area contributed by atoms with Crippen LogP contribution in [0.25, 0.3) is 0 Å². The van der Waals surface area contributed by atoms with E-state index in [1.54, 1.807) is 28.8 Å². The predicted molar refractivity (Wildman–Crippen MR) is 176 cm³/mol. The number of ether oxygens (including phenoxy) is 1. The van der Waals surface area contributed by atoms with Crippen molar-refractivity contribution in [3.8, 4) is 5.75 Å². The first-order valence-corrected chi connectivity index (χ1v) is 16.9. The third-order valence-corrected chi connectivity index (χ3v) is 11.3. The number of anilines is 3. The highest BCUT2D eigenvalue weighted by atomic mass is 32.2. The highest BCUT2D eigenvalue weighted by Gasteiger charge is 2.74. The fraction of sp³-hybridized carbons (Fsp3) is 0.559. The first-order chi connectivity index (χ1) is 21.2. The zero-order valence-corrected chi connectivity index (χ0v) is 27.2. The van der Waals surface area contributed by atoms with Crippen LogP contribution in [0.5, 0.6) is 5.75 Å². The molecule has 2 unspecified atom stereocenters. The molecule has 3 saturated heterocycles. The predicted octanol–water partition coefficient (Wildman–Crippen LogP) is 5.01. The second kappa shape index (κ2) is 13.4. The zero-order chi connectivity index (χ0) is 31.6. The van der Waals surface area contributed by atoms with Crippen LogP contribution in [0.1, 0.15) is 53.9 Å². The maximum atomic E-state index is 14.4. The van der Waals surface area contributed by atoms with E-state index < -0.39 is 28.7 Å². The molecule has 3 aliphatic heterocycles. The van der Waals surface area contributed by atoms with E-state index in [4.69, 9.17) is 4.74 Å². The van der Waals surface area contributed by atoms with Crippen LogP contribution in [-0.2, 0) is 14.4 Å². The molecule has 2 bridgehead atoms. The van der Waals surface area contributed by atoms with E-state index in [0.717, 1.165) is 30.9 Å². The number of hydrogen-bond acceptors (Lipinski definition) is 7. The van der Waals surface area contributed by atoms with Crippen molar-refractivity contribution in [3.05, 3.63) is 48.5 Å². The van der Waals surface area contributed by atoms with Gasteiger partial charge in [0.15, 0.2) is 0 Å². The van der Waals surface area contributed by atoms with Gasteiger partial charge >= 0.3 is 0 Å². The van der Waals surface area contributed by atoms with Crippen molar-refractivity contribution in [2.45, 2.75) is 76.0 Å². The SMILES string of the molecule is CCOc1ccc(NC(=O)[C@@H]2[C@H]3C(=O)N([C@@H](CO)CC(C)C)C(C(=O)Nc4ccc(N(CC)CC)cc4)C34CC[C@H]2S4)cc1. The van der Waals surface area contributed by atoms with Gasteiger partial charge < -0.3 is 30.3 Å². The number of hydrogen-bond donors (Lipinski definition) is 3. The molecule has 0 aliphatic carbocycles. The Morgan fingerprint density at radius 3 is 2.20 bits per heavy atom. The number of carbonyl (C=O) groups excluding carboxylic acids is 3. The molecule has 0 aromatic heterocycles. The second-order valence-electron chi connectivity index (χ2n) is 12.4. The van der Waals surface area contributed by atoms with Crippen LogP contribution >= 0.6 is 11.8 Å². The number of aliphatic hydroxyl groups is 1. The minimum Gasteiger partial charge on any atom is -0.494 e. The number of fused-ring (bicyclic) bond motifs is 1. The third kappa shape index (κ3) is 5.90. The van der Waals surface area contributed by atoms with E-state index in [0.29, 0.717) is 30.8 Å². The van der Waals surface area contributed by atoms with E-state index in [1.165, 1.54) is 0 Å². The van der Waals surface area contributed by atoms with Gasteiger partial charge in [-0.3, -0.25) is 14.4 Å². The second-order valence-corrected chi connectivity index (χ2v) is 14.0. The lowest BCUT2D eigenvalue weighted by molar-refractivity contribution is -0.141. The minimum absolute atomic E-state index is 0.0601. The Labute approximate surface area is 265 Å². The summed E-state index contributed by atoms with van der Waals surface area (Å²) in [5.41, 5.74) is 2.37. The maximum Gasteiger partial charge on any atom is 0.248 e. The standard InChI is InChI=1S/C34H46N4O5S/c1-6-37(7-2)24-13-9-22(10-14-24)36-32(41)30-34-18-17-27(44-34)28(29(34)33(42)38(30)25(20-39)19-21(4)5)31(40)35-23-11-15-26(16-12-23)43-8-3/h9-16,21,25,27-30,39H,6-8,17-20H2,1-5H3,(H,35,40)(H,36,41)/t25-,27-,28+,29+,30?,34?/m1/s1. The topological polar surface area (TPSA) is 111 Å². The lowest BCUT2D eigenvalue weighted by atomic mass is 9.70. The molecule has 5 rings (SSSR count). The summed E-state index contributed by atoms with van der Waals surface area (Å²) in [5.74, 6) is -0.960. The van der Waals surface area contributed by atoms with Crippen molar-refractivity contribution in [3.63, 3.8) is 0 Å². The maximum absolute atomic E-state index is 14.4. The Hall–Kier alpha value is -3.24. The van der Waals surface area contributed by atoms with Crippen LogP contribution in [0.3, 0.4) is 0 Å². The van der Waals surface area contributed by atoms with Crippen molar-refractivity contribution in [2.75, 3.05) is 41.8 Å². The van der Waals surface area contributed by atoms with Crippen LogP contribution in [0.4, 0.5) is 17.1 Å². The van der Waals surface area contributed by atoms with E-state index in [9.17, 15) is 19.5 Å². The molecule has 6 atom stereocenters. The molecule has 10 heteroatoms. The van der Waals surface area contributed by atoms with Gasteiger partial charge in [-0.2, -0.15) is 0 Å². The number of nitrogens with zero attached hydrogens (tertiary/aromatic N) is 2. The van der Waals surface area contributed by atoms with Gasteiger partial charge in [0, 0.05) is 35.4 Å². The molecular weight excluding hydrogens is 576 g/mol. The average molecular weight is 623 g/mol. The smallest absolute Gasteiger partial charge is 0.248 e. The largest absolute Gasteiger partial charge is 0.494 e. The van der Waals surface area contributed by atoms with Crippen molar-refractivity contribution in [2.24, 2.45) is 17.8 Å². The summed E-state index contributed by atoms with van der Waals surface area (Å²) in [7, 11) is 0. The number of likely N-dealkylation sites (tertiary alicyclic amines) is 1. The van der Waals surface area contributed by atoms with Crippen LogP contribution < -0.4 is 20.3 Å². The fourth-order valence-corrected chi connectivity index (χ4v) is 9.69. The van der Waals surface area contributed by atoms with Gasteiger partial charge in [0.2, 0.25) is 17.7 Å². The molecular formula is C34H46N4O5S. The Balaban J connectivity index is 1.44. The van der Waals surface area contributed by atoms with Gasteiger partial charge in [-0.25, -0.2) is 0 Å². The number of amides is 3. The normalized spacial score (nSPS) is 26.1. The number of aliphatic hydroxyl groups excluding tert-OH is 1. The van der Waals surface area contributed by atoms with Crippen molar-refractivity contribution < 1.29 is 24.2 Å². The Kier molecular flexibility index (Phi) is 9.80. The van der Waals surface area contributed by atoms with Crippen molar-refractivity contribution >= 4 is 46.5 Å². The molecule has 3 amide bonds. The van der Waals surface area contributed by atoms with E-state index in [-0.39, 0.29) is 35.5 Å². The van der Waals surface area contributed by atoms with Gasteiger partial charge in [-0.05, 0) is 94.5 Å². The molecule has 1 spiro atoms. The molecule has 3 aliphatic rings. The highest BCUT2D eigenvalue weighted by molar-refractivity contribution is 8.02. The molecule has 0 saturated carbocycles. The molecule has 238 valence electrons. The summed E-state index contributed by atoms with van der Waals surface area (Å²) >= 11 is 1.63. The molecule has 2 aromatic rings. The van der Waals surface area contributed by atoms with Gasteiger partial charge in [0.1, 0.15) is 11.8 Å². The molecule has 3 heterocycles. The fourth-order valence-electron chi connectivity index (χ4n) is 7.49. The molecule has 9 nitrogen and oxygen atoms in total. The van der Waals surface area contributed by atoms with E-state index >= 15 is 0 Å². The summed E-state index contributed by atoms with van der Waals surface area (Å²) in [4.78, 5) is 46.4. The molecule has 3 N–H and O–H groups in total. The molecule has 0 radical (unpaired) electrons. The highest BCUT2D eigenvalue weighted by Crippen LogP contribution is 2.66. The van der Waals surface area contributed by atoms with Crippen LogP contribution in [0, 0.1) is 17.8 Å². The van der Waals surface area contributed by atoms with Crippen LogP contribution in [-0.4, -0.2) is 76.1 Å². The lowest BCUT2D eigenvalue weighted by Crippen LogP contribution is -2.55. The van der Waals surface area contributed by atoms with E-state index in [1.807, 2.05) is 57.2 Å². The quantitative estimate of drug-likeness (QED) is 0.288. The number of thioether (sulfide) groups is 1. The van der Waals surface area contributed by atoms with Crippen LogP contribution in [0.2, 0.25) is 0 Å². The Morgan fingerprint density at radius 1 is 1.02 bits per heavy atom. The Bertz CT molecular complexity index is 1330. The first-order valence-electron chi connectivity index (χ1n) is 16.0. The number of carbonyl (C=O) groups is 3. The lowest BCUT2D eigenvalue weighted by Gasteiger charge is -2.37. The monoisotopic (exact) mass is 622 g/mol. The summed E-state index contributed by atoms with van der Waals surface area (Å²) < 4.78 is 4.79. The Morgan fingerprint density at radius 2 is 1.64 bits per heavy atom. The molecule has 2 aromatic carbocycles. The van der Waals surface area contributed by atoms with Gasteiger partial charge in [0.05, 0.1) is 35.8 Å². The van der Waals surface area contributed by atoms with Crippen molar-refractivity contribution in [1.29, 1.82) is 0 Å².